The smallest absolute Gasteiger partial charge is 0.310 e. The number of ether oxygens (including phenoxy) is 2. The summed E-state index contributed by atoms with van der Waals surface area (Å²) < 4.78 is 10.9. The molecule has 2 aliphatic rings. The highest BCUT2D eigenvalue weighted by atomic mass is 16.5. The molecule has 1 aromatic carbocycles. The maximum absolute atomic E-state index is 11.9. The van der Waals surface area contributed by atoms with Gasteiger partial charge in [-0.05, 0) is 24.5 Å². The maximum Gasteiger partial charge on any atom is 0.310 e. The van der Waals surface area contributed by atoms with Gasteiger partial charge in [0.1, 0.15) is 11.9 Å². The molecule has 1 aromatic rings. The number of fused-ring (bicyclic) bond motifs is 1. The van der Waals surface area contributed by atoms with Gasteiger partial charge in [0, 0.05) is 26.1 Å². The molecule has 0 saturated carbocycles. The van der Waals surface area contributed by atoms with E-state index in [1.807, 2.05) is 18.2 Å². The van der Waals surface area contributed by atoms with E-state index in [9.17, 15) is 4.79 Å². The van der Waals surface area contributed by atoms with E-state index in [0.29, 0.717) is 13.1 Å². The van der Waals surface area contributed by atoms with Crippen LogP contribution in [0.1, 0.15) is 19.4 Å². The number of benzene rings is 1. The first kappa shape index (κ1) is 17.6. The molecule has 1 N–H and O–H groups in total. The zero-order chi connectivity index (χ0) is 17.8. The Morgan fingerprint density at radius 2 is 2.20 bits per heavy atom. The summed E-state index contributed by atoms with van der Waals surface area (Å²) in [6.45, 7) is 6.97. The molecule has 1 fully saturated rings. The number of methoxy groups -OCH3 is 1. The SMILES string of the molecule is CCNC(=NCC1Cc2ccccc2O1)N1CC(C)C(C(=O)OC)C1. The predicted octanol–water partition coefficient (Wildman–Crippen LogP) is 1.70. The standard InChI is InChI=1S/C19H27N3O3/c1-4-20-19(22-11-13(2)16(12-22)18(23)24-3)21-10-15-9-14-7-5-6-8-17(14)25-15/h5-8,13,15-16H,4,9-12H2,1-3H3,(H,20,21). The minimum atomic E-state index is -0.138. The van der Waals surface area contributed by atoms with Crippen LogP contribution in [-0.4, -0.2) is 56.2 Å². The van der Waals surface area contributed by atoms with Crippen molar-refractivity contribution in [3.05, 3.63) is 29.8 Å². The number of guanidine groups is 1. The van der Waals surface area contributed by atoms with E-state index in [2.05, 4.69) is 30.1 Å². The van der Waals surface area contributed by atoms with E-state index < -0.39 is 0 Å². The van der Waals surface area contributed by atoms with Crippen LogP contribution >= 0.6 is 0 Å². The number of nitrogens with zero attached hydrogens (tertiary/aromatic N) is 2. The Balaban J connectivity index is 1.64. The molecule has 2 aliphatic heterocycles. The van der Waals surface area contributed by atoms with Crippen molar-refractivity contribution in [2.24, 2.45) is 16.8 Å². The largest absolute Gasteiger partial charge is 0.488 e. The molecule has 3 unspecified atom stereocenters. The fraction of sp³-hybridized carbons (Fsp3) is 0.579. The minimum absolute atomic E-state index is 0.0717. The summed E-state index contributed by atoms with van der Waals surface area (Å²) in [6.07, 6.45) is 0.961. The molecule has 0 amide bonds. The molecular formula is C19H27N3O3. The van der Waals surface area contributed by atoms with Gasteiger partial charge in [0.05, 0.1) is 19.6 Å². The highest BCUT2D eigenvalue weighted by Crippen LogP contribution is 2.28. The first-order valence-electron chi connectivity index (χ1n) is 8.98. The molecule has 136 valence electrons. The molecule has 0 spiro atoms. The Kier molecular flexibility index (Phi) is 5.46. The van der Waals surface area contributed by atoms with E-state index in [4.69, 9.17) is 14.5 Å². The second-order valence-corrected chi connectivity index (χ2v) is 6.76. The number of carbonyl (C=O) groups excluding carboxylic acids is 1. The molecule has 0 bridgehead atoms. The van der Waals surface area contributed by atoms with Gasteiger partial charge in [-0.25, -0.2) is 4.99 Å². The quantitative estimate of drug-likeness (QED) is 0.511. The number of likely N-dealkylation sites (tertiary alicyclic amines) is 1. The lowest BCUT2D eigenvalue weighted by Gasteiger charge is -2.22. The molecule has 25 heavy (non-hydrogen) atoms. The van der Waals surface area contributed by atoms with Gasteiger partial charge in [-0.1, -0.05) is 25.1 Å². The summed E-state index contributed by atoms with van der Waals surface area (Å²) in [5.41, 5.74) is 1.24. The third-order valence-corrected chi connectivity index (χ3v) is 4.91. The van der Waals surface area contributed by atoms with Gasteiger partial charge in [0.25, 0.3) is 0 Å². The van der Waals surface area contributed by atoms with Crippen molar-refractivity contribution < 1.29 is 14.3 Å². The highest BCUT2D eigenvalue weighted by Gasteiger charge is 2.37. The van der Waals surface area contributed by atoms with Crippen molar-refractivity contribution >= 4 is 11.9 Å². The Bertz CT molecular complexity index is 622. The van der Waals surface area contributed by atoms with Gasteiger partial charge in [0.2, 0.25) is 0 Å². The van der Waals surface area contributed by atoms with Gasteiger partial charge < -0.3 is 19.7 Å². The molecule has 6 heteroatoms. The Morgan fingerprint density at radius 1 is 1.40 bits per heavy atom. The highest BCUT2D eigenvalue weighted by molar-refractivity contribution is 5.82. The average molecular weight is 345 g/mol. The molecule has 2 heterocycles. The van der Waals surface area contributed by atoms with E-state index in [-0.39, 0.29) is 23.9 Å². The second-order valence-electron chi connectivity index (χ2n) is 6.76. The number of aliphatic imine (C=N–C) groups is 1. The second kappa shape index (κ2) is 7.76. The fourth-order valence-electron chi connectivity index (χ4n) is 3.57. The van der Waals surface area contributed by atoms with Crippen LogP contribution in [0.3, 0.4) is 0 Å². The minimum Gasteiger partial charge on any atom is -0.488 e. The maximum atomic E-state index is 11.9. The topological polar surface area (TPSA) is 63.2 Å². The van der Waals surface area contributed by atoms with Crippen LogP contribution in [0.5, 0.6) is 5.75 Å². The molecule has 0 radical (unpaired) electrons. The van der Waals surface area contributed by atoms with Crippen LogP contribution in [0.4, 0.5) is 0 Å². The summed E-state index contributed by atoms with van der Waals surface area (Å²) in [6, 6.07) is 8.14. The van der Waals surface area contributed by atoms with Crippen LogP contribution in [0, 0.1) is 11.8 Å². The van der Waals surface area contributed by atoms with Gasteiger partial charge in [-0.15, -0.1) is 0 Å². The molecule has 6 nitrogen and oxygen atoms in total. The number of rotatable bonds is 4. The lowest BCUT2D eigenvalue weighted by atomic mass is 9.99. The number of nitrogens with one attached hydrogen (secondary N) is 1. The van der Waals surface area contributed by atoms with Crippen molar-refractivity contribution in [1.82, 2.24) is 10.2 Å². The predicted molar refractivity (Wildman–Crippen MR) is 96.8 cm³/mol. The Labute approximate surface area is 149 Å². The van der Waals surface area contributed by atoms with E-state index >= 15 is 0 Å². The number of esters is 1. The fourth-order valence-corrected chi connectivity index (χ4v) is 3.57. The normalized spacial score (nSPS) is 25.5. The number of hydrogen-bond acceptors (Lipinski definition) is 4. The first-order valence-corrected chi connectivity index (χ1v) is 8.98. The van der Waals surface area contributed by atoms with Gasteiger partial charge in [0.15, 0.2) is 5.96 Å². The van der Waals surface area contributed by atoms with Crippen molar-refractivity contribution in [2.45, 2.75) is 26.4 Å². The Hall–Kier alpha value is -2.24. The first-order chi connectivity index (χ1) is 12.1. The van der Waals surface area contributed by atoms with Gasteiger partial charge in [-0.3, -0.25) is 4.79 Å². The monoisotopic (exact) mass is 345 g/mol. The van der Waals surface area contributed by atoms with Crippen LogP contribution in [0.2, 0.25) is 0 Å². The molecular weight excluding hydrogens is 318 g/mol. The summed E-state index contributed by atoms with van der Waals surface area (Å²) in [4.78, 5) is 18.8. The molecule has 1 saturated heterocycles. The van der Waals surface area contributed by atoms with E-state index in [1.165, 1.54) is 12.7 Å². The zero-order valence-electron chi connectivity index (χ0n) is 15.2. The zero-order valence-corrected chi connectivity index (χ0v) is 15.2. The number of carbonyl (C=O) groups is 1. The average Bonchev–Trinajstić information content (AvgIpc) is 3.21. The summed E-state index contributed by atoms with van der Waals surface area (Å²) in [7, 11) is 1.45. The van der Waals surface area contributed by atoms with Crippen LogP contribution in [0.15, 0.2) is 29.3 Å². The van der Waals surface area contributed by atoms with Crippen molar-refractivity contribution in [3.63, 3.8) is 0 Å². The van der Waals surface area contributed by atoms with E-state index in [1.54, 1.807) is 0 Å². The van der Waals surface area contributed by atoms with Gasteiger partial charge in [-0.2, -0.15) is 0 Å². The summed E-state index contributed by atoms with van der Waals surface area (Å²) >= 11 is 0. The van der Waals surface area contributed by atoms with Crippen LogP contribution < -0.4 is 10.1 Å². The van der Waals surface area contributed by atoms with E-state index in [0.717, 1.165) is 31.2 Å². The van der Waals surface area contributed by atoms with Gasteiger partial charge >= 0.3 is 5.97 Å². The summed E-state index contributed by atoms with van der Waals surface area (Å²) in [5, 5.41) is 3.34. The number of hydrogen-bond donors (Lipinski definition) is 1. The number of para-hydroxylation sites is 1. The molecule has 3 rings (SSSR count). The van der Waals surface area contributed by atoms with Crippen LogP contribution in [0.25, 0.3) is 0 Å². The van der Waals surface area contributed by atoms with Crippen molar-refractivity contribution in [2.75, 3.05) is 33.3 Å². The molecule has 3 atom stereocenters. The third kappa shape index (κ3) is 3.89. The lowest BCUT2D eigenvalue weighted by Crippen LogP contribution is -2.41. The Morgan fingerprint density at radius 3 is 2.92 bits per heavy atom. The van der Waals surface area contributed by atoms with Crippen molar-refractivity contribution in [3.8, 4) is 5.75 Å². The lowest BCUT2D eigenvalue weighted by molar-refractivity contribution is -0.145. The van der Waals surface area contributed by atoms with Crippen molar-refractivity contribution in [1.29, 1.82) is 0 Å². The van der Waals surface area contributed by atoms with Crippen LogP contribution in [-0.2, 0) is 16.0 Å². The molecule has 0 aromatic heterocycles. The molecule has 0 aliphatic carbocycles. The third-order valence-electron chi connectivity index (χ3n) is 4.91. The summed E-state index contributed by atoms with van der Waals surface area (Å²) in [5.74, 6) is 1.83.